The van der Waals surface area contributed by atoms with Crippen LogP contribution >= 0.6 is 0 Å². The summed E-state index contributed by atoms with van der Waals surface area (Å²) in [5, 5.41) is 13.2. The molecule has 1 aromatic carbocycles. The Bertz CT molecular complexity index is 645. The number of anilines is 1. The maximum atomic E-state index is 12.9. The number of halogens is 3. The summed E-state index contributed by atoms with van der Waals surface area (Å²) in [7, 11) is 0. The Morgan fingerprint density at radius 3 is 2.57 bits per heavy atom. The molecule has 1 N–H and O–H groups in total. The third-order valence-corrected chi connectivity index (χ3v) is 2.71. The highest BCUT2D eigenvalue weighted by Crippen LogP contribution is 2.37. The molecular formula is C13H10F3N3O2. The molecule has 0 atom stereocenters. The molecule has 0 bridgehead atoms. The molecule has 2 aromatic rings. The van der Waals surface area contributed by atoms with E-state index in [2.05, 4.69) is 10.3 Å². The first kappa shape index (κ1) is 14.8. The molecule has 0 unspecified atom stereocenters. The first-order chi connectivity index (χ1) is 9.88. The predicted molar refractivity (Wildman–Crippen MR) is 69.7 cm³/mol. The number of benzene rings is 1. The topological polar surface area (TPSA) is 68.1 Å². The van der Waals surface area contributed by atoms with Crippen LogP contribution in [0.5, 0.6) is 0 Å². The van der Waals surface area contributed by atoms with Crippen molar-refractivity contribution in [3.63, 3.8) is 0 Å². The summed E-state index contributed by atoms with van der Waals surface area (Å²) in [6, 6.07) is 7.65. The molecule has 0 aliphatic heterocycles. The van der Waals surface area contributed by atoms with E-state index >= 15 is 0 Å². The molecule has 21 heavy (non-hydrogen) atoms. The monoisotopic (exact) mass is 297 g/mol. The van der Waals surface area contributed by atoms with E-state index in [1.54, 1.807) is 18.2 Å². The quantitative estimate of drug-likeness (QED) is 0.691. The smallest absolute Gasteiger partial charge is 0.379 e. The molecule has 0 amide bonds. The predicted octanol–water partition coefficient (Wildman–Crippen LogP) is 3.62. The molecule has 110 valence electrons. The van der Waals surface area contributed by atoms with Crippen LogP contribution in [0.25, 0.3) is 0 Å². The number of non-ortho nitro benzene ring substituents is 1. The van der Waals surface area contributed by atoms with Gasteiger partial charge in [0.2, 0.25) is 0 Å². The Morgan fingerprint density at radius 1 is 1.24 bits per heavy atom. The van der Waals surface area contributed by atoms with Crippen LogP contribution in [-0.4, -0.2) is 9.91 Å². The van der Waals surface area contributed by atoms with Crippen molar-refractivity contribution in [2.45, 2.75) is 12.7 Å². The van der Waals surface area contributed by atoms with Crippen molar-refractivity contribution in [2.24, 2.45) is 0 Å². The Balaban J connectivity index is 2.28. The Labute approximate surface area is 117 Å². The summed E-state index contributed by atoms with van der Waals surface area (Å²) in [4.78, 5) is 13.7. The third kappa shape index (κ3) is 3.68. The van der Waals surface area contributed by atoms with Crippen molar-refractivity contribution in [1.29, 1.82) is 0 Å². The van der Waals surface area contributed by atoms with Crippen LogP contribution in [-0.2, 0) is 12.7 Å². The Kier molecular flexibility index (Phi) is 4.06. The third-order valence-electron chi connectivity index (χ3n) is 2.71. The van der Waals surface area contributed by atoms with Gasteiger partial charge in [0, 0.05) is 24.0 Å². The highest BCUT2D eigenvalue weighted by molar-refractivity contribution is 5.57. The van der Waals surface area contributed by atoms with E-state index in [9.17, 15) is 23.3 Å². The van der Waals surface area contributed by atoms with Crippen molar-refractivity contribution in [3.8, 4) is 0 Å². The highest BCUT2D eigenvalue weighted by atomic mass is 19.4. The van der Waals surface area contributed by atoms with Gasteiger partial charge in [0.15, 0.2) is 0 Å². The molecule has 0 fully saturated rings. The van der Waals surface area contributed by atoms with Gasteiger partial charge in [-0.25, -0.2) is 0 Å². The second-order valence-electron chi connectivity index (χ2n) is 4.16. The summed E-state index contributed by atoms with van der Waals surface area (Å²) < 4.78 is 38.8. The number of alkyl halides is 3. The summed E-state index contributed by atoms with van der Waals surface area (Å²) >= 11 is 0. The minimum atomic E-state index is -4.68. The minimum Gasteiger partial charge on any atom is -0.379 e. The molecular weight excluding hydrogens is 287 g/mol. The number of hydrogen-bond acceptors (Lipinski definition) is 4. The number of nitrogens with zero attached hydrogens (tertiary/aromatic N) is 2. The first-order valence-corrected chi connectivity index (χ1v) is 5.87. The molecule has 0 aliphatic carbocycles. The Hall–Kier alpha value is -2.64. The summed E-state index contributed by atoms with van der Waals surface area (Å²) in [5.74, 6) is 0. The molecule has 0 spiro atoms. The molecule has 2 rings (SSSR count). The lowest BCUT2D eigenvalue weighted by Gasteiger charge is -2.14. The lowest BCUT2D eigenvalue weighted by Crippen LogP contribution is -2.11. The van der Waals surface area contributed by atoms with Crippen LogP contribution < -0.4 is 5.32 Å². The zero-order valence-electron chi connectivity index (χ0n) is 10.6. The van der Waals surface area contributed by atoms with E-state index in [-0.39, 0.29) is 12.2 Å². The second-order valence-corrected chi connectivity index (χ2v) is 4.16. The fraction of sp³-hybridized carbons (Fsp3) is 0.154. The van der Waals surface area contributed by atoms with Crippen LogP contribution in [0.4, 0.5) is 24.5 Å². The summed E-state index contributed by atoms with van der Waals surface area (Å²) in [5.41, 5.74) is -1.35. The number of pyridine rings is 1. The number of nitro benzene ring substituents is 1. The maximum absolute atomic E-state index is 12.9. The van der Waals surface area contributed by atoms with Gasteiger partial charge in [-0.1, -0.05) is 6.07 Å². The molecule has 1 aromatic heterocycles. The zero-order valence-corrected chi connectivity index (χ0v) is 10.6. The van der Waals surface area contributed by atoms with Crippen molar-refractivity contribution in [2.75, 3.05) is 5.32 Å². The van der Waals surface area contributed by atoms with Crippen molar-refractivity contribution < 1.29 is 18.1 Å². The van der Waals surface area contributed by atoms with E-state index in [0.717, 1.165) is 12.1 Å². The molecule has 8 heteroatoms. The normalized spacial score (nSPS) is 11.2. The highest BCUT2D eigenvalue weighted by Gasteiger charge is 2.35. The average Bonchev–Trinajstić information content (AvgIpc) is 2.45. The Morgan fingerprint density at radius 2 is 2.00 bits per heavy atom. The van der Waals surface area contributed by atoms with Crippen LogP contribution in [0.2, 0.25) is 0 Å². The van der Waals surface area contributed by atoms with Crippen LogP contribution in [0, 0.1) is 10.1 Å². The fourth-order valence-electron chi connectivity index (χ4n) is 1.72. The lowest BCUT2D eigenvalue weighted by molar-refractivity contribution is -0.385. The molecule has 5 nitrogen and oxygen atoms in total. The lowest BCUT2D eigenvalue weighted by atomic mass is 10.1. The van der Waals surface area contributed by atoms with Crippen molar-refractivity contribution >= 4 is 11.4 Å². The first-order valence-electron chi connectivity index (χ1n) is 5.87. The second kappa shape index (κ2) is 5.78. The summed E-state index contributed by atoms with van der Waals surface area (Å²) in [6.45, 7) is 0.0851. The van der Waals surface area contributed by atoms with Gasteiger partial charge >= 0.3 is 6.18 Å². The van der Waals surface area contributed by atoms with Gasteiger partial charge in [-0.15, -0.1) is 0 Å². The van der Waals surface area contributed by atoms with Crippen molar-refractivity contribution in [1.82, 2.24) is 4.98 Å². The van der Waals surface area contributed by atoms with E-state index in [1.165, 1.54) is 6.20 Å². The minimum absolute atomic E-state index is 0.0851. The van der Waals surface area contributed by atoms with Gasteiger partial charge < -0.3 is 5.32 Å². The average molecular weight is 297 g/mol. The van der Waals surface area contributed by atoms with Crippen LogP contribution in [0.3, 0.4) is 0 Å². The van der Waals surface area contributed by atoms with Crippen molar-refractivity contribution in [3.05, 3.63) is 64.0 Å². The van der Waals surface area contributed by atoms with E-state index in [1.807, 2.05) is 0 Å². The fourth-order valence-corrected chi connectivity index (χ4v) is 1.72. The largest absolute Gasteiger partial charge is 0.418 e. The van der Waals surface area contributed by atoms with Gasteiger partial charge in [-0.05, 0) is 18.2 Å². The molecule has 0 saturated carbocycles. The molecule has 0 radical (unpaired) electrons. The van der Waals surface area contributed by atoms with Gasteiger partial charge in [-0.3, -0.25) is 15.1 Å². The number of nitrogens with one attached hydrogen (secondary N) is 1. The van der Waals surface area contributed by atoms with Gasteiger partial charge in [0.25, 0.3) is 5.69 Å². The van der Waals surface area contributed by atoms with E-state index < -0.39 is 22.4 Å². The number of hydrogen-bond donors (Lipinski definition) is 1. The number of aromatic nitrogens is 1. The number of nitro groups is 1. The van der Waals surface area contributed by atoms with E-state index in [4.69, 9.17) is 0 Å². The van der Waals surface area contributed by atoms with Gasteiger partial charge in [-0.2, -0.15) is 13.2 Å². The molecule has 0 aliphatic rings. The number of rotatable bonds is 4. The maximum Gasteiger partial charge on any atom is 0.418 e. The van der Waals surface area contributed by atoms with Crippen LogP contribution in [0.1, 0.15) is 11.3 Å². The van der Waals surface area contributed by atoms with Gasteiger partial charge in [0.1, 0.15) is 0 Å². The van der Waals surface area contributed by atoms with Gasteiger partial charge in [0.05, 0.1) is 22.7 Å². The molecule has 0 saturated heterocycles. The molecule has 1 heterocycles. The SMILES string of the molecule is O=[N+]([O-])c1ccc(NCc2ccccn2)c(C(F)(F)F)c1. The van der Waals surface area contributed by atoms with Crippen LogP contribution in [0.15, 0.2) is 42.6 Å². The summed E-state index contributed by atoms with van der Waals surface area (Å²) in [6.07, 6.45) is -3.16. The van der Waals surface area contributed by atoms with E-state index in [0.29, 0.717) is 11.8 Å². The standard InChI is InChI=1S/C13H10F3N3O2/c14-13(15,16)11-7-10(19(20)21)4-5-12(11)18-8-9-3-1-2-6-17-9/h1-7,18H,8H2. The zero-order chi connectivity index (χ0) is 15.5.